The predicted molar refractivity (Wildman–Crippen MR) is 138 cm³/mol. The molecule has 0 bridgehead atoms. The van der Waals surface area contributed by atoms with Crippen molar-refractivity contribution in [2.75, 3.05) is 38.3 Å². The maximum Gasteiger partial charge on any atom is 0.225 e. The molecule has 6 nitrogen and oxygen atoms in total. The van der Waals surface area contributed by atoms with E-state index in [1.54, 1.807) is 7.11 Å². The minimum Gasteiger partial charge on any atom is -0.384 e. The monoisotopic (exact) mass is 468 g/mol. The quantitative estimate of drug-likeness (QED) is 0.507. The van der Waals surface area contributed by atoms with E-state index < -0.39 is 0 Å². The van der Waals surface area contributed by atoms with Crippen LogP contribution >= 0.6 is 0 Å². The number of benzene rings is 2. The van der Waals surface area contributed by atoms with Crippen molar-refractivity contribution < 1.29 is 9.53 Å². The number of fused-ring (bicyclic) bond motifs is 1. The number of carbonyl (C=O) groups is 1. The van der Waals surface area contributed by atoms with Gasteiger partial charge in [-0.1, -0.05) is 36.4 Å². The van der Waals surface area contributed by atoms with E-state index in [9.17, 15) is 10.1 Å². The first kappa shape index (κ1) is 23.3. The second kappa shape index (κ2) is 9.67. The number of amides is 1. The number of nitriles is 1. The molecule has 1 aromatic heterocycles. The molecule has 0 spiro atoms. The van der Waals surface area contributed by atoms with E-state index in [2.05, 4.69) is 67.3 Å². The van der Waals surface area contributed by atoms with Crippen LogP contribution in [0.25, 0.3) is 21.9 Å². The Balaban J connectivity index is 1.52. The summed E-state index contributed by atoms with van der Waals surface area (Å²) in [5.74, 6) is 1.33. The fourth-order valence-corrected chi connectivity index (χ4v) is 5.29. The molecule has 1 amide bonds. The van der Waals surface area contributed by atoms with Gasteiger partial charge in [0.1, 0.15) is 11.9 Å². The van der Waals surface area contributed by atoms with Crippen molar-refractivity contribution in [3.05, 3.63) is 59.3 Å². The van der Waals surface area contributed by atoms with Crippen LogP contribution in [-0.2, 0) is 9.53 Å². The van der Waals surface area contributed by atoms with E-state index in [4.69, 9.17) is 9.72 Å². The van der Waals surface area contributed by atoms with Crippen LogP contribution in [-0.4, -0.2) is 55.2 Å². The highest BCUT2D eigenvalue weighted by atomic mass is 16.5. The van der Waals surface area contributed by atoms with Crippen molar-refractivity contribution in [3.8, 4) is 17.2 Å². The van der Waals surface area contributed by atoms with E-state index in [-0.39, 0.29) is 11.9 Å². The number of ether oxygens (including phenoxy) is 1. The van der Waals surface area contributed by atoms with Gasteiger partial charge in [0.05, 0.1) is 24.3 Å². The molecule has 5 rings (SSSR count). The van der Waals surface area contributed by atoms with Gasteiger partial charge in [-0.25, -0.2) is 4.98 Å². The number of carbonyl (C=O) groups excluding carboxylic acids is 1. The number of pyridine rings is 1. The van der Waals surface area contributed by atoms with Crippen molar-refractivity contribution in [1.29, 1.82) is 5.26 Å². The molecule has 35 heavy (non-hydrogen) atoms. The van der Waals surface area contributed by atoms with Gasteiger partial charge in [-0.05, 0) is 54.7 Å². The number of hydrogen-bond donors (Lipinski definition) is 0. The molecule has 1 atom stereocenters. The SMILES string of the molecule is COCCC(=O)N1CCN(c2nc(C3CC3)c(-c3ccc4ccccc4c3)c(C)c2C#N)C[C@H]1C. The molecule has 2 fully saturated rings. The summed E-state index contributed by atoms with van der Waals surface area (Å²) in [6.07, 6.45) is 2.67. The van der Waals surface area contributed by atoms with Crippen LogP contribution in [0.1, 0.15) is 48.9 Å². The molecule has 0 N–H and O–H groups in total. The molecule has 2 aromatic carbocycles. The summed E-state index contributed by atoms with van der Waals surface area (Å²) in [7, 11) is 1.62. The third-order valence-corrected chi connectivity index (χ3v) is 7.34. The highest BCUT2D eigenvalue weighted by molar-refractivity contribution is 5.89. The van der Waals surface area contributed by atoms with Crippen molar-refractivity contribution >= 4 is 22.5 Å². The summed E-state index contributed by atoms with van der Waals surface area (Å²) in [5.41, 5.74) is 4.99. The smallest absolute Gasteiger partial charge is 0.225 e. The van der Waals surface area contributed by atoms with E-state index in [0.717, 1.165) is 41.0 Å². The van der Waals surface area contributed by atoms with Crippen molar-refractivity contribution in [1.82, 2.24) is 9.88 Å². The minimum atomic E-state index is 0.0475. The van der Waals surface area contributed by atoms with E-state index >= 15 is 0 Å². The van der Waals surface area contributed by atoms with Crippen LogP contribution in [0, 0.1) is 18.3 Å². The predicted octanol–water partition coefficient (Wildman–Crippen LogP) is 5.03. The Hall–Kier alpha value is -3.43. The van der Waals surface area contributed by atoms with Gasteiger partial charge in [0.25, 0.3) is 0 Å². The number of piperazine rings is 1. The number of methoxy groups -OCH3 is 1. The van der Waals surface area contributed by atoms with Crippen LogP contribution in [0.15, 0.2) is 42.5 Å². The minimum absolute atomic E-state index is 0.0475. The average molecular weight is 469 g/mol. The van der Waals surface area contributed by atoms with Crippen LogP contribution in [0.4, 0.5) is 5.82 Å². The maximum absolute atomic E-state index is 12.6. The lowest BCUT2D eigenvalue weighted by Crippen LogP contribution is -2.54. The largest absolute Gasteiger partial charge is 0.384 e. The maximum atomic E-state index is 12.6. The summed E-state index contributed by atoms with van der Waals surface area (Å²) in [6.45, 7) is 6.53. The molecule has 0 radical (unpaired) electrons. The van der Waals surface area contributed by atoms with E-state index in [0.29, 0.717) is 44.1 Å². The van der Waals surface area contributed by atoms with Crippen molar-refractivity contribution in [3.63, 3.8) is 0 Å². The summed E-state index contributed by atoms with van der Waals surface area (Å²) in [4.78, 5) is 21.9. The molecule has 1 saturated heterocycles. The van der Waals surface area contributed by atoms with Gasteiger partial charge >= 0.3 is 0 Å². The first-order chi connectivity index (χ1) is 17.0. The Labute approximate surface area is 207 Å². The van der Waals surface area contributed by atoms with Gasteiger partial charge in [-0.15, -0.1) is 0 Å². The highest BCUT2D eigenvalue weighted by Gasteiger charge is 2.34. The Bertz CT molecular complexity index is 1310. The Morgan fingerprint density at radius 2 is 1.94 bits per heavy atom. The van der Waals surface area contributed by atoms with Crippen LogP contribution in [0.2, 0.25) is 0 Å². The summed E-state index contributed by atoms with van der Waals surface area (Å²) < 4.78 is 5.08. The van der Waals surface area contributed by atoms with Gasteiger partial charge in [0, 0.05) is 44.3 Å². The number of aromatic nitrogens is 1. The zero-order valence-corrected chi connectivity index (χ0v) is 20.8. The van der Waals surface area contributed by atoms with Gasteiger partial charge in [-0.3, -0.25) is 4.79 Å². The Morgan fingerprint density at radius 1 is 1.17 bits per heavy atom. The molecule has 0 unspecified atom stereocenters. The van der Waals surface area contributed by atoms with Gasteiger partial charge in [0.15, 0.2) is 0 Å². The molecule has 3 aromatic rings. The summed E-state index contributed by atoms with van der Waals surface area (Å²) >= 11 is 0. The molecular weight excluding hydrogens is 436 g/mol. The second-order valence-electron chi connectivity index (χ2n) is 9.77. The zero-order valence-electron chi connectivity index (χ0n) is 20.8. The lowest BCUT2D eigenvalue weighted by molar-refractivity contribution is -0.134. The van der Waals surface area contributed by atoms with Crippen molar-refractivity contribution in [2.24, 2.45) is 0 Å². The first-order valence-corrected chi connectivity index (χ1v) is 12.5. The molecule has 2 heterocycles. The average Bonchev–Trinajstić information content (AvgIpc) is 3.72. The lowest BCUT2D eigenvalue weighted by Gasteiger charge is -2.41. The van der Waals surface area contributed by atoms with Crippen LogP contribution in [0.3, 0.4) is 0 Å². The van der Waals surface area contributed by atoms with Gasteiger partial charge in [0.2, 0.25) is 5.91 Å². The molecule has 1 aliphatic carbocycles. The Kier molecular flexibility index (Phi) is 6.44. The second-order valence-corrected chi connectivity index (χ2v) is 9.77. The topological polar surface area (TPSA) is 69.5 Å². The molecule has 1 saturated carbocycles. The van der Waals surface area contributed by atoms with Gasteiger partial charge < -0.3 is 14.5 Å². The first-order valence-electron chi connectivity index (χ1n) is 12.5. The molecular formula is C29H32N4O2. The van der Waals surface area contributed by atoms with E-state index in [1.807, 2.05) is 4.90 Å². The summed E-state index contributed by atoms with van der Waals surface area (Å²) in [5, 5.41) is 12.6. The van der Waals surface area contributed by atoms with Crippen LogP contribution < -0.4 is 4.90 Å². The standard InChI is InChI=1S/C29H32N4O2/c1-19-18-32(13-14-33(19)26(34)12-15-35-3)29-25(17-30)20(2)27(28(31-29)22-9-10-22)24-11-8-21-6-4-5-7-23(21)16-24/h4-8,11,16,19,22H,9-10,12-15,18H2,1-3H3/t19-/m1/s1. The molecule has 180 valence electrons. The third kappa shape index (κ3) is 4.49. The number of hydrogen-bond acceptors (Lipinski definition) is 5. The van der Waals surface area contributed by atoms with Crippen molar-refractivity contribution in [2.45, 2.75) is 45.1 Å². The number of rotatable bonds is 6. The van der Waals surface area contributed by atoms with Gasteiger partial charge in [-0.2, -0.15) is 5.26 Å². The lowest BCUT2D eigenvalue weighted by atomic mass is 9.92. The van der Waals surface area contributed by atoms with E-state index in [1.165, 1.54) is 10.8 Å². The Morgan fingerprint density at radius 3 is 2.63 bits per heavy atom. The molecule has 6 heteroatoms. The van der Waals surface area contributed by atoms with Crippen LogP contribution in [0.5, 0.6) is 0 Å². The summed E-state index contributed by atoms with van der Waals surface area (Å²) in [6, 6.07) is 17.4. The fourth-order valence-electron chi connectivity index (χ4n) is 5.29. The fraction of sp³-hybridized carbons (Fsp3) is 0.414. The number of nitrogens with zero attached hydrogens (tertiary/aromatic N) is 4. The molecule has 2 aliphatic rings. The molecule has 1 aliphatic heterocycles. The number of anilines is 1. The third-order valence-electron chi connectivity index (χ3n) is 7.34. The normalized spacial score (nSPS) is 18.1. The highest BCUT2D eigenvalue weighted by Crippen LogP contribution is 2.47. The zero-order chi connectivity index (χ0) is 24.5.